The van der Waals surface area contributed by atoms with Gasteiger partial charge in [-0.2, -0.15) is 12.8 Å². The smallest absolute Gasteiger partial charge is 0.199 e. The Morgan fingerprint density at radius 3 is 2.27 bits per heavy atom. The van der Waals surface area contributed by atoms with Gasteiger partial charge in [0.2, 0.25) is 0 Å². The third-order valence-corrected chi connectivity index (χ3v) is 5.67. The summed E-state index contributed by atoms with van der Waals surface area (Å²) in [6.45, 7) is 5.63. The predicted octanol–water partition coefficient (Wildman–Crippen LogP) is 3.74. The van der Waals surface area contributed by atoms with Crippen LogP contribution in [-0.4, -0.2) is 14.1 Å². The van der Waals surface area contributed by atoms with E-state index in [1.54, 1.807) is 0 Å². The minimum atomic E-state index is -3.68. The zero-order valence-corrected chi connectivity index (χ0v) is 13.9. The molecule has 0 aromatic heterocycles. The van der Waals surface area contributed by atoms with Gasteiger partial charge in [-0.3, -0.25) is 0 Å². The van der Waals surface area contributed by atoms with Crippen LogP contribution >= 0.6 is 0 Å². The van der Waals surface area contributed by atoms with Crippen molar-refractivity contribution >= 4 is 15.7 Å². The summed E-state index contributed by atoms with van der Waals surface area (Å²) in [4.78, 5) is 0.343. The van der Waals surface area contributed by atoms with Crippen molar-refractivity contribution in [2.75, 3.05) is 0 Å². The van der Waals surface area contributed by atoms with Crippen molar-refractivity contribution in [3.05, 3.63) is 64.2 Å². The molecular weight excluding hydrogens is 294 g/mol. The first-order valence-electron chi connectivity index (χ1n) is 7.38. The molecule has 0 N–H and O–H groups in total. The Kier molecular flexibility index (Phi) is 3.65. The van der Waals surface area contributed by atoms with Crippen LogP contribution in [0.4, 0.5) is 0 Å². The molecule has 0 aliphatic heterocycles. The Labute approximate surface area is 131 Å². The van der Waals surface area contributed by atoms with Crippen LogP contribution in [0.2, 0.25) is 0 Å². The predicted molar refractivity (Wildman–Crippen MR) is 89.1 cm³/mol. The zero-order valence-electron chi connectivity index (χ0n) is 13.1. The largest absolute Gasteiger partial charge is 0.283 e. The zero-order chi connectivity index (χ0) is 15.9. The number of nitrogens with zero attached hydrogens (tertiary/aromatic N) is 1. The third-order valence-electron chi connectivity index (χ3n) is 4.05. The minimum absolute atomic E-state index is 0.343. The molecule has 0 saturated carbocycles. The SMILES string of the molecule is Cc1cc(C)c(S(=O)(=O)/N=C2\CCc3ccccc32)c(C)c1. The molecule has 0 fully saturated rings. The number of benzene rings is 2. The second-order valence-corrected chi connectivity index (χ2v) is 7.44. The Balaban J connectivity index is 2.12. The van der Waals surface area contributed by atoms with E-state index >= 15 is 0 Å². The molecule has 0 spiro atoms. The highest BCUT2D eigenvalue weighted by Gasteiger charge is 2.23. The molecule has 114 valence electrons. The van der Waals surface area contributed by atoms with E-state index < -0.39 is 10.0 Å². The van der Waals surface area contributed by atoms with Crippen molar-refractivity contribution in [2.45, 2.75) is 38.5 Å². The maximum Gasteiger partial charge on any atom is 0.283 e. The van der Waals surface area contributed by atoms with Gasteiger partial charge in [-0.05, 0) is 50.3 Å². The van der Waals surface area contributed by atoms with Crippen molar-refractivity contribution < 1.29 is 8.42 Å². The highest BCUT2D eigenvalue weighted by molar-refractivity contribution is 7.90. The number of hydrogen-bond acceptors (Lipinski definition) is 2. The molecule has 1 aliphatic carbocycles. The summed E-state index contributed by atoms with van der Waals surface area (Å²) >= 11 is 0. The number of aryl methyl sites for hydroxylation is 4. The number of fused-ring (bicyclic) bond motifs is 1. The van der Waals surface area contributed by atoms with Gasteiger partial charge in [-0.25, -0.2) is 0 Å². The monoisotopic (exact) mass is 313 g/mol. The lowest BCUT2D eigenvalue weighted by Gasteiger charge is -2.10. The Morgan fingerprint density at radius 2 is 1.59 bits per heavy atom. The van der Waals surface area contributed by atoms with Gasteiger partial charge < -0.3 is 0 Å². The highest BCUT2D eigenvalue weighted by atomic mass is 32.2. The van der Waals surface area contributed by atoms with Gasteiger partial charge in [0.15, 0.2) is 0 Å². The molecule has 1 aliphatic rings. The quantitative estimate of drug-likeness (QED) is 0.848. The fraction of sp³-hybridized carbons (Fsp3) is 0.278. The fourth-order valence-electron chi connectivity index (χ4n) is 3.27. The third kappa shape index (κ3) is 2.59. The Morgan fingerprint density at radius 1 is 0.955 bits per heavy atom. The average molecular weight is 313 g/mol. The van der Waals surface area contributed by atoms with Crippen molar-refractivity contribution in [3.63, 3.8) is 0 Å². The molecule has 0 unspecified atom stereocenters. The van der Waals surface area contributed by atoms with E-state index in [9.17, 15) is 8.42 Å². The topological polar surface area (TPSA) is 46.5 Å². The lowest BCUT2D eigenvalue weighted by molar-refractivity contribution is 0.596. The molecule has 22 heavy (non-hydrogen) atoms. The van der Waals surface area contributed by atoms with Gasteiger partial charge in [0.05, 0.1) is 10.6 Å². The molecule has 0 heterocycles. The first-order chi connectivity index (χ1) is 10.4. The molecule has 2 aromatic rings. The lowest BCUT2D eigenvalue weighted by atomic mass is 10.1. The van der Waals surface area contributed by atoms with Crippen LogP contribution < -0.4 is 0 Å². The highest BCUT2D eigenvalue weighted by Crippen LogP contribution is 2.27. The maximum absolute atomic E-state index is 12.8. The van der Waals surface area contributed by atoms with Crippen molar-refractivity contribution in [1.29, 1.82) is 0 Å². The molecular formula is C18H19NO2S. The first kappa shape index (κ1) is 15.0. The molecule has 0 radical (unpaired) electrons. The lowest BCUT2D eigenvalue weighted by Crippen LogP contribution is -2.07. The molecule has 0 bridgehead atoms. The van der Waals surface area contributed by atoms with E-state index in [4.69, 9.17) is 0 Å². The van der Waals surface area contributed by atoms with Crippen LogP contribution in [-0.2, 0) is 16.4 Å². The summed E-state index contributed by atoms with van der Waals surface area (Å²) in [5, 5.41) is 0. The first-order valence-corrected chi connectivity index (χ1v) is 8.82. The Bertz CT molecular complexity index is 857. The van der Waals surface area contributed by atoms with Crippen molar-refractivity contribution in [2.24, 2.45) is 4.40 Å². The van der Waals surface area contributed by atoms with E-state index in [1.807, 2.05) is 57.2 Å². The van der Waals surface area contributed by atoms with Gasteiger partial charge in [-0.15, -0.1) is 0 Å². The van der Waals surface area contributed by atoms with Crippen LogP contribution in [0.1, 0.15) is 34.2 Å². The van der Waals surface area contributed by atoms with Gasteiger partial charge in [-0.1, -0.05) is 42.0 Å². The summed E-state index contributed by atoms with van der Waals surface area (Å²) in [6.07, 6.45) is 1.54. The normalized spacial score (nSPS) is 16.0. The fourth-order valence-corrected chi connectivity index (χ4v) is 4.77. The standard InChI is InChI=1S/C18H19NO2S/c1-12-10-13(2)18(14(3)11-12)22(20,21)19-17-9-8-15-6-4-5-7-16(15)17/h4-7,10-11H,8-9H2,1-3H3/b19-17+. The molecule has 4 heteroatoms. The van der Waals surface area contributed by atoms with Crippen LogP contribution in [0, 0.1) is 20.8 Å². The van der Waals surface area contributed by atoms with Crippen LogP contribution in [0.15, 0.2) is 45.7 Å². The van der Waals surface area contributed by atoms with Gasteiger partial charge in [0.1, 0.15) is 0 Å². The number of sulfonamides is 1. The summed E-state index contributed by atoms with van der Waals surface area (Å²) in [6, 6.07) is 11.7. The van der Waals surface area contributed by atoms with Crippen molar-refractivity contribution in [1.82, 2.24) is 0 Å². The van der Waals surface area contributed by atoms with Gasteiger partial charge >= 0.3 is 0 Å². The average Bonchev–Trinajstić information content (AvgIpc) is 2.80. The number of rotatable bonds is 2. The maximum atomic E-state index is 12.8. The molecule has 3 nitrogen and oxygen atoms in total. The molecule has 0 amide bonds. The molecule has 0 saturated heterocycles. The van der Waals surface area contributed by atoms with E-state index in [2.05, 4.69) is 4.40 Å². The van der Waals surface area contributed by atoms with Gasteiger partial charge in [0, 0.05) is 5.56 Å². The van der Waals surface area contributed by atoms with Crippen LogP contribution in [0.3, 0.4) is 0 Å². The van der Waals surface area contributed by atoms with E-state index in [0.29, 0.717) is 17.0 Å². The molecule has 3 rings (SSSR count). The second kappa shape index (κ2) is 5.36. The number of hydrogen-bond donors (Lipinski definition) is 0. The summed E-state index contributed by atoms with van der Waals surface area (Å²) in [7, 11) is -3.68. The van der Waals surface area contributed by atoms with Crippen LogP contribution in [0.25, 0.3) is 0 Å². The summed E-state index contributed by atoms with van der Waals surface area (Å²) in [5.74, 6) is 0. The second-order valence-electron chi connectivity index (χ2n) is 5.90. The summed E-state index contributed by atoms with van der Waals surface area (Å²) < 4.78 is 29.7. The Hall–Kier alpha value is -1.94. The summed E-state index contributed by atoms with van der Waals surface area (Å²) in [5.41, 5.74) is 5.39. The van der Waals surface area contributed by atoms with E-state index in [-0.39, 0.29) is 0 Å². The molecule has 0 atom stereocenters. The molecule has 2 aromatic carbocycles. The van der Waals surface area contributed by atoms with E-state index in [0.717, 1.165) is 28.7 Å². The van der Waals surface area contributed by atoms with E-state index in [1.165, 1.54) is 5.56 Å². The van der Waals surface area contributed by atoms with Crippen LogP contribution in [0.5, 0.6) is 0 Å². The minimum Gasteiger partial charge on any atom is -0.199 e. The van der Waals surface area contributed by atoms with Crippen molar-refractivity contribution in [3.8, 4) is 0 Å². The van der Waals surface area contributed by atoms with Gasteiger partial charge in [0.25, 0.3) is 10.0 Å².